The van der Waals surface area contributed by atoms with Gasteiger partial charge in [0, 0.05) is 11.3 Å². The fourth-order valence-corrected chi connectivity index (χ4v) is 1.83. The van der Waals surface area contributed by atoms with Crippen molar-refractivity contribution in [2.24, 2.45) is 10.7 Å². The van der Waals surface area contributed by atoms with Crippen LogP contribution in [-0.4, -0.2) is 19.0 Å². The molecule has 5 heteroatoms. The summed E-state index contributed by atoms with van der Waals surface area (Å²) in [7, 11) is 0. The standard InChI is InChI=1S/C11H14FN3O/c1-11(6-16-5-10(14)15-11)8-4-7(13)2-3-9(8)12/h2-4H,5-6,13H2,1H3,(H2,14,15)/t11-/m0/s1. The molecule has 0 saturated heterocycles. The average Bonchev–Trinajstić information content (AvgIpc) is 2.21. The summed E-state index contributed by atoms with van der Waals surface area (Å²) in [6, 6.07) is 4.41. The Hall–Kier alpha value is -1.62. The van der Waals surface area contributed by atoms with Gasteiger partial charge in [0.2, 0.25) is 0 Å². The van der Waals surface area contributed by atoms with Crippen molar-refractivity contribution in [1.29, 1.82) is 0 Å². The number of hydrogen-bond donors (Lipinski definition) is 2. The summed E-state index contributed by atoms with van der Waals surface area (Å²) < 4.78 is 19.0. The van der Waals surface area contributed by atoms with Gasteiger partial charge < -0.3 is 16.2 Å². The van der Waals surface area contributed by atoms with Crippen molar-refractivity contribution >= 4 is 11.5 Å². The van der Waals surface area contributed by atoms with E-state index >= 15 is 0 Å². The summed E-state index contributed by atoms with van der Waals surface area (Å²) in [5, 5.41) is 0. The predicted octanol–water partition coefficient (Wildman–Crippen LogP) is 1.01. The van der Waals surface area contributed by atoms with E-state index in [1.807, 2.05) is 0 Å². The first-order valence-electron chi connectivity index (χ1n) is 4.99. The van der Waals surface area contributed by atoms with E-state index in [0.29, 0.717) is 30.3 Å². The molecule has 0 aliphatic carbocycles. The van der Waals surface area contributed by atoms with Gasteiger partial charge >= 0.3 is 0 Å². The minimum Gasteiger partial charge on any atom is -0.399 e. The largest absolute Gasteiger partial charge is 0.399 e. The molecular weight excluding hydrogens is 209 g/mol. The van der Waals surface area contributed by atoms with E-state index in [4.69, 9.17) is 16.2 Å². The molecule has 1 aliphatic rings. The minimum absolute atomic E-state index is 0.291. The molecule has 0 unspecified atom stereocenters. The van der Waals surface area contributed by atoms with E-state index in [1.165, 1.54) is 12.1 Å². The van der Waals surface area contributed by atoms with E-state index in [0.717, 1.165) is 0 Å². The maximum Gasteiger partial charge on any atom is 0.129 e. The van der Waals surface area contributed by atoms with Gasteiger partial charge in [-0.2, -0.15) is 0 Å². The van der Waals surface area contributed by atoms with Crippen molar-refractivity contribution < 1.29 is 9.13 Å². The van der Waals surface area contributed by atoms with Gasteiger partial charge in [-0.3, -0.25) is 4.99 Å². The summed E-state index contributed by atoms with van der Waals surface area (Å²) in [6.07, 6.45) is 0. The fourth-order valence-electron chi connectivity index (χ4n) is 1.83. The van der Waals surface area contributed by atoms with Crippen LogP contribution in [0.2, 0.25) is 0 Å². The number of nitrogens with two attached hydrogens (primary N) is 2. The molecule has 1 aromatic rings. The van der Waals surface area contributed by atoms with Gasteiger partial charge in [-0.15, -0.1) is 0 Å². The molecule has 1 aliphatic heterocycles. The van der Waals surface area contributed by atoms with Gasteiger partial charge in [0.15, 0.2) is 0 Å². The zero-order valence-corrected chi connectivity index (χ0v) is 9.03. The number of anilines is 1. The quantitative estimate of drug-likeness (QED) is 0.698. The lowest BCUT2D eigenvalue weighted by atomic mass is 9.92. The number of rotatable bonds is 1. The van der Waals surface area contributed by atoms with Crippen LogP contribution in [0.15, 0.2) is 23.2 Å². The molecule has 0 amide bonds. The number of nitrogen functional groups attached to an aromatic ring is 1. The van der Waals surface area contributed by atoms with Crippen molar-refractivity contribution in [3.8, 4) is 0 Å². The Bertz CT molecular complexity index is 447. The van der Waals surface area contributed by atoms with Crippen LogP contribution in [-0.2, 0) is 10.3 Å². The van der Waals surface area contributed by atoms with Gasteiger partial charge in [0.05, 0.1) is 6.61 Å². The lowest BCUT2D eigenvalue weighted by Gasteiger charge is -2.30. The van der Waals surface area contributed by atoms with Crippen LogP contribution in [0.25, 0.3) is 0 Å². The van der Waals surface area contributed by atoms with Crippen molar-refractivity contribution in [3.63, 3.8) is 0 Å². The predicted molar refractivity (Wildman–Crippen MR) is 60.6 cm³/mol. The second kappa shape index (κ2) is 3.75. The third kappa shape index (κ3) is 1.86. The molecule has 1 aromatic carbocycles. The van der Waals surface area contributed by atoms with Crippen molar-refractivity contribution in [3.05, 3.63) is 29.6 Å². The van der Waals surface area contributed by atoms with Crippen molar-refractivity contribution in [1.82, 2.24) is 0 Å². The van der Waals surface area contributed by atoms with E-state index in [1.54, 1.807) is 13.0 Å². The van der Waals surface area contributed by atoms with Crippen molar-refractivity contribution in [2.45, 2.75) is 12.5 Å². The molecule has 2 rings (SSSR count). The van der Waals surface area contributed by atoms with Gasteiger partial charge in [-0.05, 0) is 25.1 Å². The summed E-state index contributed by atoms with van der Waals surface area (Å²) in [5.74, 6) is 0.0225. The monoisotopic (exact) mass is 223 g/mol. The Morgan fingerprint density at radius 1 is 1.44 bits per heavy atom. The van der Waals surface area contributed by atoms with Crippen LogP contribution in [0.5, 0.6) is 0 Å². The van der Waals surface area contributed by atoms with Crippen LogP contribution in [0.1, 0.15) is 12.5 Å². The van der Waals surface area contributed by atoms with Gasteiger partial charge in [0.1, 0.15) is 23.8 Å². The number of amidine groups is 1. The Morgan fingerprint density at radius 2 is 2.19 bits per heavy atom. The highest BCUT2D eigenvalue weighted by Gasteiger charge is 2.32. The van der Waals surface area contributed by atoms with E-state index in [9.17, 15) is 4.39 Å². The first-order valence-corrected chi connectivity index (χ1v) is 4.99. The number of hydrogen-bond acceptors (Lipinski definition) is 4. The Labute approximate surface area is 93.1 Å². The molecule has 4 nitrogen and oxygen atoms in total. The van der Waals surface area contributed by atoms with Crippen LogP contribution in [0.3, 0.4) is 0 Å². The normalized spacial score (nSPS) is 25.2. The molecule has 0 saturated carbocycles. The number of nitrogens with zero attached hydrogens (tertiary/aromatic N) is 1. The SMILES string of the molecule is C[C@@]1(c2cc(N)ccc2F)COCC(N)=N1. The molecule has 1 heterocycles. The maximum atomic E-state index is 13.7. The van der Waals surface area contributed by atoms with Crippen LogP contribution in [0.4, 0.5) is 10.1 Å². The highest BCUT2D eigenvalue weighted by atomic mass is 19.1. The number of aliphatic imine (C=N–C) groups is 1. The van der Waals surface area contributed by atoms with E-state index in [-0.39, 0.29) is 5.82 Å². The third-order valence-electron chi connectivity index (χ3n) is 2.59. The van der Waals surface area contributed by atoms with Gasteiger partial charge in [-0.1, -0.05) is 0 Å². The summed E-state index contributed by atoms with van der Waals surface area (Å²) in [5.41, 5.74) is 11.4. The van der Waals surface area contributed by atoms with Crippen LogP contribution in [0, 0.1) is 5.82 Å². The van der Waals surface area contributed by atoms with Crippen LogP contribution >= 0.6 is 0 Å². The molecule has 86 valence electrons. The Kier molecular flexibility index (Phi) is 2.55. The number of ether oxygens (including phenoxy) is 1. The topological polar surface area (TPSA) is 73.6 Å². The summed E-state index contributed by atoms with van der Waals surface area (Å²) >= 11 is 0. The third-order valence-corrected chi connectivity index (χ3v) is 2.59. The molecule has 1 atom stereocenters. The van der Waals surface area contributed by atoms with E-state index < -0.39 is 5.54 Å². The molecular formula is C11H14FN3O. The lowest BCUT2D eigenvalue weighted by Crippen LogP contribution is -2.38. The number of benzene rings is 1. The second-order valence-electron chi connectivity index (χ2n) is 4.11. The molecule has 0 bridgehead atoms. The zero-order valence-electron chi connectivity index (χ0n) is 9.03. The lowest BCUT2D eigenvalue weighted by molar-refractivity contribution is 0.104. The molecule has 4 N–H and O–H groups in total. The first kappa shape index (κ1) is 10.9. The first-order chi connectivity index (χ1) is 7.51. The summed E-state index contributed by atoms with van der Waals surface area (Å²) in [4.78, 5) is 4.26. The molecule has 0 spiro atoms. The highest BCUT2D eigenvalue weighted by molar-refractivity contribution is 5.82. The smallest absolute Gasteiger partial charge is 0.129 e. The van der Waals surface area contributed by atoms with Crippen LogP contribution < -0.4 is 11.5 Å². The Morgan fingerprint density at radius 3 is 2.88 bits per heavy atom. The second-order valence-corrected chi connectivity index (χ2v) is 4.11. The summed E-state index contributed by atoms with van der Waals surface area (Å²) in [6.45, 7) is 2.37. The zero-order chi connectivity index (χ0) is 11.8. The fraction of sp³-hybridized carbons (Fsp3) is 0.364. The molecule has 16 heavy (non-hydrogen) atoms. The molecule has 0 aromatic heterocycles. The molecule has 0 fully saturated rings. The van der Waals surface area contributed by atoms with Crippen molar-refractivity contribution in [2.75, 3.05) is 18.9 Å². The minimum atomic E-state index is -0.790. The van der Waals surface area contributed by atoms with Gasteiger partial charge in [-0.25, -0.2) is 4.39 Å². The molecule has 0 radical (unpaired) electrons. The highest BCUT2D eigenvalue weighted by Crippen LogP contribution is 2.31. The van der Waals surface area contributed by atoms with E-state index in [2.05, 4.69) is 4.99 Å². The Balaban J connectivity index is 2.50. The number of halogens is 1. The average molecular weight is 223 g/mol. The van der Waals surface area contributed by atoms with Gasteiger partial charge in [0.25, 0.3) is 0 Å². The maximum absolute atomic E-state index is 13.7.